The molecule has 1 aromatic rings. The van der Waals surface area contributed by atoms with Crippen LogP contribution in [0.1, 0.15) is 19.8 Å². The number of hydrogen-bond acceptors (Lipinski definition) is 4. The number of nitrogen functional groups attached to an aromatic ring is 1. The topological polar surface area (TPSA) is 92.9 Å². The number of amides is 1. The average molecular weight is 292 g/mol. The van der Waals surface area contributed by atoms with Crippen LogP contribution in [-0.4, -0.2) is 36.2 Å². The minimum atomic E-state index is -0.956. The largest absolute Gasteiger partial charge is 0.481 e. The second-order valence-corrected chi connectivity index (χ2v) is 5.25. The number of carbonyl (C=O) groups is 2. The highest BCUT2D eigenvalue weighted by atomic mass is 16.5. The molecule has 0 aliphatic carbocycles. The maximum absolute atomic E-state index is 12.7. The van der Waals surface area contributed by atoms with Crippen LogP contribution in [0.2, 0.25) is 0 Å². The number of benzene rings is 1. The highest BCUT2D eigenvalue weighted by Crippen LogP contribution is 2.28. The molecule has 1 aromatic carbocycles. The van der Waals surface area contributed by atoms with E-state index in [0.717, 1.165) is 6.42 Å². The minimum absolute atomic E-state index is 0.0783. The quantitative estimate of drug-likeness (QED) is 0.802. The molecule has 0 radical (unpaired) electrons. The molecule has 6 nitrogen and oxygen atoms in total. The Kier molecular flexibility index (Phi) is 4.80. The van der Waals surface area contributed by atoms with Gasteiger partial charge in [0.2, 0.25) is 0 Å². The van der Waals surface area contributed by atoms with Crippen molar-refractivity contribution in [3.63, 3.8) is 0 Å². The van der Waals surface area contributed by atoms with Crippen molar-refractivity contribution in [1.82, 2.24) is 0 Å². The van der Waals surface area contributed by atoms with E-state index < -0.39 is 12.1 Å². The molecule has 0 saturated carbocycles. The van der Waals surface area contributed by atoms with Gasteiger partial charge in [0.15, 0.2) is 0 Å². The predicted molar refractivity (Wildman–Crippen MR) is 79.0 cm³/mol. The van der Waals surface area contributed by atoms with E-state index in [1.807, 2.05) is 6.92 Å². The highest BCUT2D eigenvalue weighted by Gasteiger charge is 2.35. The molecule has 114 valence electrons. The number of nitrogens with zero attached hydrogens (tertiary/aromatic N) is 1. The number of carbonyl (C=O) groups excluding carboxylic acids is 1. The number of nitrogens with two attached hydrogens (primary N) is 1. The lowest BCUT2D eigenvalue weighted by molar-refractivity contribution is -0.136. The fourth-order valence-corrected chi connectivity index (χ4v) is 2.45. The standard InChI is InChI=1S/C15H20N2O4/c1-10-7-9-21-14(10)15(20)17(8-6-13(18)19)12-5-3-2-4-11(12)16/h2-5,10,14H,6-9,16H2,1H3,(H,18,19). The second kappa shape index (κ2) is 6.58. The van der Waals surface area contributed by atoms with Gasteiger partial charge in [-0.25, -0.2) is 0 Å². The van der Waals surface area contributed by atoms with Gasteiger partial charge in [-0.1, -0.05) is 19.1 Å². The second-order valence-electron chi connectivity index (χ2n) is 5.25. The number of ether oxygens (including phenoxy) is 1. The average Bonchev–Trinajstić information content (AvgIpc) is 2.86. The van der Waals surface area contributed by atoms with E-state index in [4.69, 9.17) is 15.6 Å². The molecule has 1 saturated heterocycles. The molecule has 1 fully saturated rings. The van der Waals surface area contributed by atoms with E-state index in [1.165, 1.54) is 4.90 Å². The Morgan fingerprint density at radius 2 is 2.14 bits per heavy atom. The van der Waals surface area contributed by atoms with Crippen molar-refractivity contribution in [2.45, 2.75) is 25.9 Å². The Hall–Kier alpha value is -2.08. The van der Waals surface area contributed by atoms with Crippen LogP contribution in [0, 0.1) is 5.92 Å². The molecule has 1 amide bonds. The normalized spacial score (nSPS) is 21.2. The first-order chi connectivity index (χ1) is 10.0. The summed E-state index contributed by atoms with van der Waals surface area (Å²) in [5, 5.41) is 8.88. The van der Waals surface area contributed by atoms with Gasteiger partial charge in [-0.15, -0.1) is 0 Å². The Morgan fingerprint density at radius 1 is 1.43 bits per heavy atom. The third kappa shape index (κ3) is 3.52. The molecule has 0 spiro atoms. The Bertz CT molecular complexity index is 532. The first kappa shape index (κ1) is 15.3. The molecule has 2 rings (SSSR count). The van der Waals surface area contributed by atoms with Gasteiger partial charge in [-0.05, 0) is 24.5 Å². The van der Waals surface area contributed by atoms with Crippen LogP contribution in [0.3, 0.4) is 0 Å². The van der Waals surface area contributed by atoms with Gasteiger partial charge in [-0.2, -0.15) is 0 Å². The van der Waals surface area contributed by atoms with Crippen LogP contribution in [0.15, 0.2) is 24.3 Å². The molecule has 21 heavy (non-hydrogen) atoms. The minimum Gasteiger partial charge on any atom is -0.481 e. The summed E-state index contributed by atoms with van der Waals surface area (Å²) in [7, 11) is 0. The third-order valence-corrected chi connectivity index (χ3v) is 3.67. The van der Waals surface area contributed by atoms with E-state index in [0.29, 0.717) is 18.0 Å². The van der Waals surface area contributed by atoms with Crippen LogP contribution < -0.4 is 10.6 Å². The van der Waals surface area contributed by atoms with Crippen LogP contribution in [0.4, 0.5) is 11.4 Å². The van der Waals surface area contributed by atoms with Gasteiger partial charge in [0.05, 0.1) is 17.8 Å². The molecule has 1 aliphatic heterocycles. The summed E-state index contributed by atoms with van der Waals surface area (Å²) in [4.78, 5) is 24.9. The lowest BCUT2D eigenvalue weighted by Gasteiger charge is -2.27. The number of carboxylic acids is 1. The predicted octanol–water partition coefficient (Wildman–Crippen LogP) is 1.50. The fourth-order valence-electron chi connectivity index (χ4n) is 2.45. The van der Waals surface area contributed by atoms with E-state index in [-0.39, 0.29) is 24.8 Å². The molecular weight excluding hydrogens is 272 g/mol. The van der Waals surface area contributed by atoms with Gasteiger partial charge in [0, 0.05) is 13.2 Å². The maximum Gasteiger partial charge on any atom is 0.305 e. The highest BCUT2D eigenvalue weighted by molar-refractivity contribution is 5.99. The van der Waals surface area contributed by atoms with Crippen LogP contribution in [0.25, 0.3) is 0 Å². The summed E-state index contributed by atoms with van der Waals surface area (Å²) in [5.74, 6) is -1.06. The van der Waals surface area contributed by atoms with Gasteiger partial charge in [0.25, 0.3) is 5.91 Å². The van der Waals surface area contributed by atoms with Crippen molar-refractivity contribution >= 4 is 23.3 Å². The number of hydrogen-bond donors (Lipinski definition) is 2. The van der Waals surface area contributed by atoms with Gasteiger partial charge < -0.3 is 20.5 Å². The van der Waals surface area contributed by atoms with Gasteiger partial charge in [-0.3, -0.25) is 9.59 Å². The summed E-state index contributed by atoms with van der Waals surface area (Å²) in [6.45, 7) is 2.59. The molecule has 0 bridgehead atoms. The number of carboxylic acid groups (broad SMARTS) is 1. The monoisotopic (exact) mass is 292 g/mol. The van der Waals surface area contributed by atoms with Crippen molar-refractivity contribution in [3.8, 4) is 0 Å². The summed E-state index contributed by atoms with van der Waals surface area (Å²) < 4.78 is 5.50. The van der Waals surface area contributed by atoms with Crippen molar-refractivity contribution < 1.29 is 19.4 Å². The van der Waals surface area contributed by atoms with Gasteiger partial charge >= 0.3 is 5.97 Å². The smallest absolute Gasteiger partial charge is 0.305 e. The lowest BCUT2D eigenvalue weighted by atomic mass is 10.0. The Balaban J connectivity index is 2.25. The molecule has 3 N–H and O–H groups in total. The number of anilines is 2. The molecule has 1 aliphatic rings. The van der Waals surface area contributed by atoms with E-state index in [2.05, 4.69) is 0 Å². The van der Waals surface area contributed by atoms with Crippen LogP contribution >= 0.6 is 0 Å². The number of para-hydroxylation sites is 2. The van der Waals surface area contributed by atoms with E-state index >= 15 is 0 Å². The van der Waals surface area contributed by atoms with Gasteiger partial charge in [0.1, 0.15) is 6.10 Å². The maximum atomic E-state index is 12.7. The van der Waals surface area contributed by atoms with Crippen molar-refractivity contribution in [1.29, 1.82) is 0 Å². The lowest BCUT2D eigenvalue weighted by Crippen LogP contribution is -2.42. The van der Waals surface area contributed by atoms with Crippen LogP contribution in [0.5, 0.6) is 0 Å². The summed E-state index contributed by atoms with van der Waals surface area (Å²) in [5.41, 5.74) is 6.90. The molecule has 6 heteroatoms. The first-order valence-electron chi connectivity index (χ1n) is 7.00. The molecular formula is C15H20N2O4. The zero-order valence-corrected chi connectivity index (χ0v) is 12.0. The fraction of sp³-hybridized carbons (Fsp3) is 0.467. The third-order valence-electron chi connectivity index (χ3n) is 3.67. The summed E-state index contributed by atoms with van der Waals surface area (Å²) in [6, 6.07) is 6.95. The van der Waals surface area contributed by atoms with E-state index in [9.17, 15) is 9.59 Å². The zero-order chi connectivity index (χ0) is 15.4. The molecule has 0 aromatic heterocycles. The molecule has 2 atom stereocenters. The summed E-state index contributed by atoms with van der Waals surface area (Å²) >= 11 is 0. The van der Waals surface area contributed by atoms with Crippen LogP contribution in [-0.2, 0) is 14.3 Å². The number of rotatable bonds is 5. The first-order valence-corrected chi connectivity index (χ1v) is 7.00. The van der Waals surface area contributed by atoms with E-state index in [1.54, 1.807) is 24.3 Å². The Labute approximate surface area is 123 Å². The van der Waals surface area contributed by atoms with Crippen molar-refractivity contribution in [2.75, 3.05) is 23.8 Å². The zero-order valence-electron chi connectivity index (χ0n) is 12.0. The number of aliphatic carboxylic acids is 1. The SMILES string of the molecule is CC1CCOC1C(=O)N(CCC(=O)O)c1ccccc1N. The Morgan fingerprint density at radius 3 is 2.71 bits per heavy atom. The van der Waals surface area contributed by atoms with Crippen molar-refractivity contribution in [2.24, 2.45) is 5.92 Å². The van der Waals surface area contributed by atoms with Crippen molar-refractivity contribution in [3.05, 3.63) is 24.3 Å². The molecule has 2 unspecified atom stereocenters. The summed E-state index contributed by atoms with van der Waals surface area (Å²) in [6.07, 6.45) is 0.160. The molecule has 1 heterocycles.